The Kier molecular flexibility index (Phi) is 10.3. The normalized spacial score (nSPS) is 12.3. The zero-order valence-electron chi connectivity index (χ0n) is 41.0. The van der Waals surface area contributed by atoms with E-state index in [9.17, 15) is 0 Å². The van der Waals surface area contributed by atoms with Crippen molar-refractivity contribution >= 4 is 73.2 Å². The van der Waals surface area contributed by atoms with Gasteiger partial charge in [-0.25, -0.2) is 0 Å². The molecule has 0 saturated carbocycles. The molecule has 0 bridgehead atoms. The molecule has 1 nitrogen and oxygen atoms in total. The minimum absolute atomic E-state index is 0.742. The fourth-order valence-electron chi connectivity index (χ4n) is 11.8. The molecule has 0 aliphatic carbocycles. The van der Waals surface area contributed by atoms with E-state index in [-0.39, 0.29) is 0 Å². The van der Waals surface area contributed by atoms with Gasteiger partial charge in [0, 0.05) is 36.6 Å². The number of nitrogens with zero attached hydrogens (tertiary/aromatic N) is 1. The summed E-state index contributed by atoms with van der Waals surface area (Å²) in [6.45, 7) is 0. The third kappa shape index (κ3) is 7.59. The Morgan fingerprint density at radius 3 is 1.17 bits per heavy atom. The summed E-state index contributed by atoms with van der Waals surface area (Å²) >= 11 is 1.91. The monoisotopic (exact) mass is 985 g/mol. The standard InChI is InChI=1S/C72H47NSSi/c1-3-10-46(11-4-1)48-18-22-50(23-19-48)52-26-30-54(31-27-52)56-35-40-67-65(42-56)66-43-57(55-32-28-53(29-33-55)51-24-20-49(21-25-51)47-12-5-2-6-13-47)36-41-68(66)73(67)59-37-39-63-62-38-34-58(44-70(62)75-71(63)45-59)60-15-9-16-64-61-14-7-8-17-69(61)74-72(60)64/h1-45H,75H2. The molecule has 75 heavy (non-hydrogen) atoms. The van der Waals surface area contributed by atoms with Crippen molar-refractivity contribution in [3.63, 3.8) is 0 Å². The predicted octanol–water partition coefficient (Wildman–Crippen LogP) is 17.9. The maximum absolute atomic E-state index is 2.51. The highest BCUT2D eigenvalue weighted by atomic mass is 32.1. The molecule has 0 fully saturated rings. The van der Waals surface area contributed by atoms with Gasteiger partial charge in [-0.15, -0.1) is 11.3 Å². The molecule has 350 valence electrons. The van der Waals surface area contributed by atoms with Crippen molar-refractivity contribution in [2.24, 2.45) is 0 Å². The fourth-order valence-corrected chi connectivity index (χ4v) is 15.1. The lowest BCUT2D eigenvalue weighted by atomic mass is 9.96. The van der Waals surface area contributed by atoms with Crippen LogP contribution in [-0.2, 0) is 0 Å². The van der Waals surface area contributed by atoms with Crippen molar-refractivity contribution in [2.75, 3.05) is 0 Å². The summed E-state index contributed by atoms with van der Waals surface area (Å²) in [6, 6.07) is 101. The van der Waals surface area contributed by atoms with Gasteiger partial charge in [-0.05, 0) is 131 Å². The first-order valence-corrected chi connectivity index (χ1v) is 28.1. The van der Waals surface area contributed by atoms with E-state index < -0.39 is 9.52 Å². The molecule has 3 heteroatoms. The summed E-state index contributed by atoms with van der Waals surface area (Å²) in [5, 5.41) is 8.23. The summed E-state index contributed by atoms with van der Waals surface area (Å²) in [5.41, 5.74) is 23.7. The van der Waals surface area contributed by atoms with Gasteiger partial charge in [0.25, 0.3) is 0 Å². The summed E-state index contributed by atoms with van der Waals surface area (Å²) in [6.07, 6.45) is 0. The Bertz CT molecular complexity index is 4310. The Hall–Kier alpha value is -9.12. The van der Waals surface area contributed by atoms with Crippen LogP contribution in [0.4, 0.5) is 0 Å². The molecule has 0 spiro atoms. The molecule has 2 aromatic heterocycles. The molecular weight excluding hydrogens is 939 g/mol. The first-order valence-electron chi connectivity index (χ1n) is 25.9. The highest BCUT2D eigenvalue weighted by Crippen LogP contribution is 2.42. The molecule has 1 aliphatic heterocycles. The third-order valence-electron chi connectivity index (χ3n) is 15.7. The summed E-state index contributed by atoms with van der Waals surface area (Å²) in [5.74, 6) is 0. The lowest BCUT2D eigenvalue weighted by Crippen LogP contribution is -2.21. The van der Waals surface area contributed by atoms with Crippen LogP contribution in [0.25, 0.3) is 137 Å². The van der Waals surface area contributed by atoms with Crippen LogP contribution in [0.2, 0.25) is 0 Å². The van der Waals surface area contributed by atoms with Crippen LogP contribution >= 0.6 is 11.3 Å². The van der Waals surface area contributed by atoms with Gasteiger partial charge in [-0.2, -0.15) is 0 Å². The number of benzene rings is 12. The van der Waals surface area contributed by atoms with Gasteiger partial charge < -0.3 is 4.57 Å². The van der Waals surface area contributed by atoms with E-state index >= 15 is 0 Å². The van der Waals surface area contributed by atoms with Gasteiger partial charge in [0.2, 0.25) is 0 Å². The number of rotatable bonds is 8. The number of fused-ring (bicyclic) bond motifs is 9. The van der Waals surface area contributed by atoms with E-state index in [2.05, 4.69) is 278 Å². The molecule has 0 unspecified atom stereocenters. The van der Waals surface area contributed by atoms with Crippen LogP contribution in [-0.4, -0.2) is 14.1 Å². The van der Waals surface area contributed by atoms with Gasteiger partial charge >= 0.3 is 0 Å². The molecule has 12 aromatic carbocycles. The van der Waals surface area contributed by atoms with Gasteiger partial charge in [-0.1, -0.05) is 241 Å². The van der Waals surface area contributed by atoms with Crippen molar-refractivity contribution in [3.05, 3.63) is 273 Å². The van der Waals surface area contributed by atoms with Crippen molar-refractivity contribution in [1.82, 2.24) is 4.57 Å². The summed E-state index contributed by atoms with van der Waals surface area (Å²) in [7, 11) is -0.742. The molecule has 0 saturated heterocycles. The topological polar surface area (TPSA) is 4.93 Å². The Morgan fingerprint density at radius 1 is 0.253 bits per heavy atom. The van der Waals surface area contributed by atoms with Gasteiger partial charge in [0.15, 0.2) is 0 Å². The van der Waals surface area contributed by atoms with Gasteiger partial charge in [-0.3, -0.25) is 0 Å². The first kappa shape index (κ1) is 43.5. The lowest BCUT2D eigenvalue weighted by Gasteiger charge is -2.11. The van der Waals surface area contributed by atoms with E-state index in [1.165, 1.54) is 147 Å². The van der Waals surface area contributed by atoms with Gasteiger partial charge in [0.05, 0.1) is 20.6 Å². The molecule has 14 aromatic rings. The average molecular weight is 986 g/mol. The van der Waals surface area contributed by atoms with Crippen molar-refractivity contribution < 1.29 is 0 Å². The SMILES string of the molecule is c1ccc(-c2ccc(-c3ccc(-c4ccc5c(c4)c4cc(-c6ccc(-c7ccc(-c8ccccc8)cc7)cc6)ccc4n5-c4ccc5c(c4)[SiH2]c4cc(-c6cccc7c6sc6ccccc67)ccc4-5)cc3)cc2)cc1. The van der Waals surface area contributed by atoms with E-state index in [0.717, 1.165) is 0 Å². The third-order valence-corrected chi connectivity index (χ3v) is 18.8. The summed E-state index contributed by atoms with van der Waals surface area (Å²) < 4.78 is 5.23. The van der Waals surface area contributed by atoms with Crippen LogP contribution in [0, 0.1) is 0 Å². The van der Waals surface area contributed by atoms with Crippen molar-refractivity contribution in [1.29, 1.82) is 0 Å². The number of thiophene rings is 1. The maximum atomic E-state index is 2.51. The van der Waals surface area contributed by atoms with E-state index in [1.807, 2.05) is 11.3 Å². The van der Waals surface area contributed by atoms with Crippen LogP contribution in [0.1, 0.15) is 0 Å². The van der Waals surface area contributed by atoms with Crippen LogP contribution in [0.5, 0.6) is 0 Å². The highest BCUT2D eigenvalue weighted by Gasteiger charge is 2.23. The number of hydrogen-bond donors (Lipinski definition) is 0. The average Bonchev–Trinajstić information content (AvgIpc) is 4.20. The van der Waals surface area contributed by atoms with E-state index in [1.54, 1.807) is 0 Å². The van der Waals surface area contributed by atoms with Crippen molar-refractivity contribution in [3.8, 4) is 94.7 Å². The quantitative estimate of drug-likeness (QED) is 0.134. The minimum Gasteiger partial charge on any atom is -0.309 e. The molecule has 0 radical (unpaired) electrons. The van der Waals surface area contributed by atoms with Crippen molar-refractivity contribution in [2.45, 2.75) is 0 Å². The maximum Gasteiger partial charge on any atom is 0.0892 e. The molecular formula is C72H47NSSi. The molecule has 0 atom stereocenters. The Balaban J connectivity index is 0.790. The predicted molar refractivity (Wildman–Crippen MR) is 325 cm³/mol. The molecule has 15 rings (SSSR count). The second-order valence-electron chi connectivity index (χ2n) is 20.0. The highest BCUT2D eigenvalue weighted by molar-refractivity contribution is 7.26. The molecule has 3 heterocycles. The van der Waals surface area contributed by atoms with E-state index in [4.69, 9.17) is 0 Å². The Labute approximate surface area is 442 Å². The summed E-state index contributed by atoms with van der Waals surface area (Å²) in [4.78, 5) is 0. The molecule has 0 amide bonds. The number of aromatic nitrogens is 1. The first-order chi connectivity index (χ1) is 37.1. The fraction of sp³-hybridized carbons (Fsp3) is 0. The van der Waals surface area contributed by atoms with Crippen LogP contribution in [0.3, 0.4) is 0 Å². The van der Waals surface area contributed by atoms with E-state index in [0.29, 0.717) is 0 Å². The zero-order chi connectivity index (χ0) is 49.4. The zero-order valence-corrected chi connectivity index (χ0v) is 43.3. The smallest absolute Gasteiger partial charge is 0.0892 e. The van der Waals surface area contributed by atoms with Crippen LogP contribution < -0.4 is 10.4 Å². The minimum atomic E-state index is -0.742. The molecule has 1 aliphatic rings. The second-order valence-corrected chi connectivity index (χ2v) is 22.9. The van der Waals surface area contributed by atoms with Gasteiger partial charge in [0.1, 0.15) is 0 Å². The Morgan fingerprint density at radius 2 is 0.653 bits per heavy atom. The number of hydrogen-bond acceptors (Lipinski definition) is 1. The lowest BCUT2D eigenvalue weighted by molar-refractivity contribution is 1.18. The van der Waals surface area contributed by atoms with Crippen LogP contribution in [0.15, 0.2) is 273 Å². The largest absolute Gasteiger partial charge is 0.309 e. The molecule has 0 N–H and O–H groups in total. The second kappa shape index (κ2) is 17.8.